The Kier molecular flexibility index (Phi) is 15.8. The van der Waals surface area contributed by atoms with Crippen molar-refractivity contribution in [3.8, 4) is 0 Å². The molecular weight excluding hydrogens is 835 g/mol. The predicted molar refractivity (Wildman–Crippen MR) is 240 cm³/mol. The van der Waals surface area contributed by atoms with Crippen LogP contribution in [0.3, 0.4) is 0 Å². The molecule has 4 rings (SSSR count). The summed E-state index contributed by atoms with van der Waals surface area (Å²) in [5, 5.41) is 7.76. The second kappa shape index (κ2) is 20.1. The van der Waals surface area contributed by atoms with Crippen molar-refractivity contribution in [2.24, 2.45) is 9.98 Å². The number of guanidine groups is 2. The summed E-state index contributed by atoms with van der Waals surface area (Å²) in [6.45, 7) is 23.5. The van der Waals surface area contributed by atoms with E-state index < -0.39 is 64.3 Å². The van der Waals surface area contributed by atoms with Crippen LogP contribution in [0.2, 0.25) is 0 Å². The molecule has 0 unspecified atom stereocenters. The van der Waals surface area contributed by atoms with Crippen LogP contribution in [-0.2, 0) is 18.9 Å². The topological polar surface area (TPSA) is 193 Å². The van der Waals surface area contributed by atoms with Crippen molar-refractivity contribution in [3.63, 3.8) is 0 Å². The van der Waals surface area contributed by atoms with Gasteiger partial charge in [-0.2, -0.15) is 0 Å². The summed E-state index contributed by atoms with van der Waals surface area (Å²) >= 11 is 0. The van der Waals surface area contributed by atoms with Crippen molar-refractivity contribution < 1.29 is 51.7 Å². The largest absolute Gasteiger partial charge is 0.444 e. The summed E-state index contributed by atoms with van der Waals surface area (Å²) < 4.78 is 52.8. The number of carbonyl (C=O) groups is 5. The highest BCUT2D eigenvalue weighted by Gasteiger charge is 2.29. The van der Waals surface area contributed by atoms with Crippen molar-refractivity contribution in [2.45, 2.75) is 119 Å². The summed E-state index contributed by atoms with van der Waals surface area (Å²) in [4.78, 5) is 76.8. The minimum Gasteiger partial charge on any atom is -0.444 e. The molecule has 0 radical (unpaired) electrons. The maximum atomic E-state index is 15.7. The van der Waals surface area contributed by atoms with Gasteiger partial charge < -0.3 is 39.0 Å². The van der Waals surface area contributed by atoms with E-state index in [1.54, 1.807) is 117 Å². The van der Waals surface area contributed by atoms with Gasteiger partial charge in [-0.3, -0.25) is 15.4 Å². The molecule has 0 saturated carbocycles. The number of hydrogen-bond donors (Lipinski definition) is 3. The molecule has 64 heavy (non-hydrogen) atoms. The Bertz CT molecular complexity index is 2190. The number of alkyl carbamates (subject to hydrolysis) is 2. The third kappa shape index (κ3) is 15.8. The molecule has 2 aromatic carbocycles. The van der Waals surface area contributed by atoms with Crippen molar-refractivity contribution in [1.82, 2.24) is 20.4 Å². The molecule has 1 saturated heterocycles. The Labute approximate surface area is 373 Å². The van der Waals surface area contributed by atoms with Crippen LogP contribution in [0.1, 0.15) is 111 Å². The number of benzene rings is 2. The fourth-order valence-electron chi connectivity index (χ4n) is 6.31. The molecule has 0 spiro atoms. The zero-order chi connectivity index (χ0) is 47.9. The van der Waals surface area contributed by atoms with E-state index in [0.717, 1.165) is 6.07 Å². The van der Waals surface area contributed by atoms with Gasteiger partial charge in [0.15, 0.2) is 0 Å². The predicted octanol–water partition coefficient (Wildman–Crippen LogP) is 8.37. The van der Waals surface area contributed by atoms with Gasteiger partial charge in [0.2, 0.25) is 11.9 Å². The van der Waals surface area contributed by atoms with Crippen LogP contribution in [0.15, 0.2) is 46.4 Å². The summed E-state index contributed by atoms with van der Waals surface area (Å²) in [6.07, 6.45) is -1.36. The molecule has 0 bridgehead atoms. The number of aryl methyl sites for hydroxylation is 1. The number of hydrogen-bond acceptors (Lipinski definition) is 10. The Morgan fingerprint density at radius 3 is 1.58 bits per heavy atom. The maximum absolute atomic E-state index is 15.7. The number of nitrogens with one attached hydrogen (secondary N) is 3. The standard InChI is InChI=1S/C45H62F2N8O9/c1-27-24-30(28-16-18-54(19-17-28)36(49-38(57)61-42(2,3)4)50-39(58)62-43(5,6)7)31(46)26-33(27)48-35(56)29-14-15-34(32(47)25-29)53-20-22-55(23-21-53)37(51-40(59)63-44(8,9)10)52-41(60)64-45(11,12)13/h14-16,24-26H,17-23H2,1-13H3,(H,48,56)(H,49,50,57,58)(H,51,52,59,60). The average Bonchev–Trinajstić information content (AvgIpc) is 3.12. The van der Waals surface area contributed by atoms with Crippen molar-refractivity contribution >= 4 is 59.1 Å². The van der Waals surface area contributed by atoms with Gasteiger partial charge in [0.25, 0.3) is 5.91 Å². The molecule has 0 atom stereocenters. The molecule has 2 heterocycles. The number of nitrogens with zero attached hydrogens (tertiary/aromatic N) is 5. The molecule has 2 aliphatic heterocycles. The Morgan fingerprint density at radius 2 is 1.12 bits per heavy atom. The molecule has 5 amide bonds. The van der Waals surface area contributed by atoms with Crippen LogP contribution in [0.5, 0.6) is 0 Å². The maximum Gasteiger partial charge on any atom is 0.437 e. The number of anilines is 2. The molecule has 2 aromatic rings. The zero-order valence-corrected chi connectivity index (χ0v) is 39.1. The highest BCUT2D eigenvalue weighted by Crippen LogP contribution is 2.30. The first-order valence-electron chi connectivity index (χ1n) is 20.9. The quantitative estimate of drug-likeness (QED) is 0.151. The second-order valence-corrected chi connectivity index (χ2v) is 19.3. The number of rotatable bonds is 4. The van der Waals surface area contributed by atoms with E-state index in [4.69, 9.17) is 18.9 Å². The molecule has 19 heteroatoms. The first-order valence-corrected chi connectivity index (χ1v) is 20.9. The molecular formula is C45H62F2N8O9. The number of aliphatic imine (C=N–C) groups is 2. The van der Waals surface area contributed by atoms with E-state index in [0.29, 0.717) is 23.1 Å². The molecule has 2 aliphatic rings. The monoisotopic (exact) mass is 896 g/mol. The molecule has 17 nitrogen and oxygen atoms in total. The van der Waals surface area contributed by atoms with E-state index in [1.807, 2.05) is 0 Å². The minimum atomic E-state index is -0.906. The third-order valence-corrected chi connectivity index (χ3v) is 8.95. The fourth-order valence-corrected chi connectivity index (χ4v) is 6.31. The highest BCUT2D eigenvalue weighted by molar-refractivity contribution is 6.05. The smallest absolute Gasteiger partial charge is 0.437 e. The van der Waals surface area contributed by atoms with Crippen LogP contribution in [0, 0.1) is 18.6 Å². The fraction of sp³-hybridized carbons (Fsp3) is 0.533. The molecule has 3 N–H and O–H groups in total. The van der Waals surface area contributed by atoms with Gasteiger partial charge in [0, 0.05) is 56.1 Å². The van der Waals surface area contributed by atoms with Gasteiger partial charge in [-0.25, -0.2) is 28.0 Å². The second-order valence-electron chi connectivity index (χ2n) is 19.3. The lowest BCUT2D eigenvalue weighted by Gasteiger charge is -2.37. The van der Waals surface area contributed by atoms with Gasteiger partial charge in [-0.1, -0.05) is 6.08 Å². The molecule has 1 fully saturated rings. The van der Waals surface area contributed by atoms with Crippen LogP contribution >= 0.6 is 0 Å². The summed E-state index contributed by atoms with van der Waals surface area (Å²) in [5.41, 5.74) is -1.30. The van der Waals surface area contributed by atoms with Crippen molar-refractivity contribution in [1.29, 1.82) is 0 Å². The Hall–Kier alpha value is -6.27. The lowest BCUT2D eigenvalue weighted by atomic mass is 9.96. The van der Waals surface area contributed by atoms with Crippen LogP contribution in [0.25, 0.3) is 5.57 Å². The summed E-state index contributed by atoms with van der Waals surface area (Å²) in [6, 6.07) is 6.87. The van der Waals surface area contributed by atoms with Gasteiger partial charge in [-0.15, -0.1) is 9.98 Å². The molecule has 0 aromatic heterocycles. The van der Waals surface area contributed by atoms with E-state index in [1.165, 1.54) is 18.2 Å². The highest BCUT2D eigenvalue weighted by atomic mass is 19.1. The number of piperazine rings is 1. The normalized spacial score (nSPS) is 15.5. The molecule has 350 valence electrons. The van der Waals surface area contributed by atoms with E-state index in [2.05, 4.69) is 25.9 Å². The van der Waals surface area contributed by atoms with Gasteiger partial charge >= 0.3 is 24.4 Å². The number of amides is 5. The first kappa shape index (κ1) is 50.4. The number of carbonyl (C=O) groups excluding carboxylic acids is 5. The average molecular weight is 897 g/mol. The Balaban J connectivity index is 1.43. The molecule has 0 aliphatic carbocycles. The SMILES string of the molecule is Cc1cc(C2=CCN(/C(=N/C(=O)OC(C)(C)C)NC(=O)OC(C)(C)C)CC2)c(F)cc1NC(=O)c1ccc(N2CCN(/C(=N/C(=O)OC(C)(C)C)NC(=O)OC(C)(C)C)CC2)c(F)c1. The van der Waals surface area contributed by atoms with Gasteiger partial charge in [0.1, 0.15) is 34.0 Å². The van der Waals surface area contributed by atoms with E-state index in [9.17, 15) is 24.0 Å². The van der Waals surface area contributed by atoms with Gasteiger partial charge in [-0.05, 0) is 138 Å². The first-order chi connectivity index (χ1) is 29.4. The van der Waals surface area contributed by atoms with E-state index in [-0.39, 0.29) is 68.1 Å². The van der Waals surface area contributed by atoms with Crippen LogP contribution in [-0.4, -0.2) is 114 Å². The minimum absolute atomic E-state index is 0.0102. The van der Waals surface area contributed by atoms with Crippen molar-refractivity contribution in [3.05, 3.63) is 64.7 Å². The number of ether oxygens (including phenoxy) is 4. The van der Waals surface area contributed by atoms with Crippen LogP contribution < -0.4 is 20.9 Å². The zero-order valence-electron chi connectivity index (χ0n) is 39.1. The van der Waals surface area contributed by atoms with Gasteiger partial charge in [0.05, 0.1) is 5.69 Å². The van der Waals surface area contributed by atoms with E-state index >= 15 is 8.78 Å². The summed E-state index contributed by atoms with van der Waals surface area (Å²) in [5.74, 6) is -2.05. The summed E-state index contributed by atoms with van der Waals surface area (Å²) in [7, 11) is 0. The number of halogens is 2. The lowest BCUT2D eigenvalue weighted by molar-refractivity contribution is 0.0536. The van der Waals surface area contributed by atoms with Crippen molar-refractivity contribution in [2.75, 3.05) is 49.5 Å². The van der Waals surface area contributed by atoms with Crippen LogP contribution in [0.4, 0.5) is 39.3 Å². The lowest BCUT2D eigenvalue weighted by Crippen LogP contribution is -2.54. The third-order valence-electron chi connectivity index (χ3n) is 8.95. The Morgan fingerprint density at radius 1 is 0.625 bits per heavy atom.